The summed E-state index contributed by atoms with van der Waals surface area (Å²) in [6.07, 6.45) is 2.93. The van der Waals surface area contributed by atoms with Crippen molar-refractivity contribution in [2.45, 2.75) is 37.6 Å². The molecule has 2 aliphatic rings. The number of halogens is 4. The van der Waals surface area contributed by atoms with Crippen LogP contribution in [-0.2, 0) is 4.84 Å². The summed E-state index contributed by atoms with van der Waals surface area (Å²) in [6, 6.07) is 9.90. The van der Waals surface area contributed by atoms with Gasteiger partial charge in [-0.05, 0) is 68.1 Å². The van der Waals surface area contributed by atoms with Gasteiger partial charge in [0.1, 0.15) is 0 Å². The predicted octanol–water partition coefficient (Wildman–Crippen LogP) is 5.00. The number of carbonyl (C=O) groups excluding carboxylic acids is 2. The van der Waals surface area contributed by atoms with Crippen LogP contribution in [0.25, 0.3) is 0 Å². The first-order valence-corrected chi connectivity index (χ1v) is 17.5. The molecular formula is C32H41Cl4N9O5. The van der Waals surface area contributed by atoms with E-state index in [1.54, 1.807) is 30.1 Å². The summed E-state index contributed by atoms with van der Waals surface area (Å²) >= 11 is 25.1. The number of piperidine rings is 1. The summed E-state index contributed by atoms with van der Waals surface area (Å²) in [5, 5.41) is 29.7. The Kier molecular flexibility index (Phi) is 14.5. The van der Waals surface area contributed by atoms with Crippen LogP contribution in [0.1, 0.15) is 47.5 Å². The Morgan fingerprint density at radius 1 is 0.980 bits per heavy atom. The summed E-state index contributed by atoms with van der Waals surface area (Å²) in [4.78, 5) is 39.5. The zero-order chi connectivity index (χ0) is 36.4. The lowest BCUT2D eigenvalue weighted by Gasteiger charge is -2.43. The maximum Gasteiger partial charge on any atom is 0.320 e. The third-order valence-corrected chi connectivity index (χ3v) is 9.86. The van der Waals surface area contributed by atoms with Gasteiger partial charge < -0.3 is 46.3 Å². The van der Waals surface area contributed by atoms with E-state index in [0.29, 0.717) is 57.4 Å². The van der Waals surface area contributed by atoms with Crippen molar-refractivity contribution in [3.05, 3.63) is 67.6 Å². The highest BCUT2D eigenvalue weighted by Gasteiger charge is 2.34. The van der Waals surface area contributed by atoms with Crippen LogP contribution in [-0.4, -0.2) is 125 Å². The summed E-state index contributed by atoms with van der Waals surface area (Å²) in [5.41, 5.74) is 12.9. The molecule has 6 N–H and O–H groups in total. The van der Waals surface area contributed by atoms with Gasteiger partial charge in [-0.25, -0.2) is 4.79 Å². The number of urea groups is 1. The standard InChI is InChI=1S/C32H41Cl4N9O5/c1-42(31(46)21-13-22(33)16-23(34)14-21)17-28(41-50-19-30(38)40-49)25(20-3-4-26(35)27(36)15-20)7-12-43-10-5-24(6-11-43)45-9-2-8-44(32(45)47)18-29(37)39-48/h3-4,13-16,24-25,48-49H,2,5-12,17-19H2,1H3,(H2,37,39)(H2,38,40)/b41-28+/t25-/m1/s1. The fourth-order valence-corrected chi connectivity index (χ4v) is 7.00. The van der Waals surface area contributed by atoms with Gasteiger partial charge in [0.15, 0.2) is 18.3 Å². The molecular weight excluding hydrogens is 732 g/mol. The Morgan fingerprint density at radius 2 is 1.66 bits per heavy atom. The second kappa shape index (κ2) is 18.5. The largest absolute Gasteiger partial charge is 0.409 e. The van der Waals surface area contributed by atoms with E-state index < -0.39 is 0 Å². The SMILES string of the molecule is CN(C/C(=N\OC/C(N)=N/O)[C@H](CCN1CCC(N2CCCN(C/C(N)=N/O)C2=O)CC1)c1ccc(Cl)c(Cl)c1)C(=O)c1cc(Cl)cc(Cl)c1. The van der Waals surface area contributed by atoms with E-state index in [1.165, 1.54) is 17.0 Å². The number of amidine groups is 2. The highest BCUT2D eigenvalue weighted by Crippen LogP contribution is 2.31. The molecule has 0 unspecified atom stereocenters. The van der Waals surface area contributed by atoms with Crippen LogP contribution < -0.4 is 11.5 Å². The van der Waals surface area contributed by atoms with Gasteiger partial charge in [0, 0.05) is 60.8 Å². The Bertz CT molecular complexity index is 1580. The number of benzene rings is 2. The van der Waals surface area contributed by atoms with Crippen LogP contribution in [0.15, 0.2) is 51.9 Å². The molecule has 14 nitrogen and oxygen atoms in total. The summed E-state index contributed by atoms with van der Waals surface area (Å²) in [7, 11) is 1.63. The van der Waals surface area contributed by atoms with Gasteiger partial charge >= 0.3 is 6.03 Å². The number of oxime groups is 3. The highest BCUT2D eigenvalue weighted by atomic mass is 35.5. The van der Waals surface area contributed by atoms with Crippen LogP contribution in [0, 0.1) is 0 Å². The summed E-state index contributed by atoms with van der Waals surface area (Å²) in [6.45, 7) is 3.23. The number of hydrogen-bond donors (Lipinski definition) is 4. The molecule has 0 aromatic heterocycles. The third kappa shape index (κ3) is 10.7. The van der Waals surface area contributed by atoms with Crippen molar-refractivity contribution < 1.29 is 24.8 Å². The van der Waals surface area contributed by atoms with E-state index in [9.17, 15) is 9.59 Å². The Labute approximate surface area is 310 Å². The van der Waals surface area contributed by atoms with Gasteiger partial charge in [0.05, 0.1) is 28.8 Å². The topological polar surface area (TPSA) is 186 Å². The molecule has 2 aromatic carbocycles. The van der Waals surface area contributed by atoms with Crippen molar-refractivity contribution in [2.75, 3.05) is 59.5 Å². The van der Waals surface area contributed by atoms with Gasteiger partial charge in [-0.1, -0.05) is 67.9 Å². The normalized spacial score (nSPS) is 17.6. The van der Waals surface area contributed by atoms with Crippen LogP contribution in [0.2, 0.25) is 20.1 Å². The van der Waals surface area contributed by atoms with Crippen molar-refractivity contribution in [3.63, 3.8) is 0 Å². The maximum atomic E-state index is 13.5. The molecule has 1 atom stereocenters. The fourth-order valence-electron chi connectivity index (χ4n) is 6.16. The second-order valence-electron chi connectivity index (χ2n) is 12.2. The lowest BCUT2D eigenvalue weighted by molar-refractivity contribution is 0.0811. The van der Waals surface area contributed by atoms with Crippen molar-refractivity contribution in [1.82, 2.24) is 19.6 Å². The predicted molar refractivity (Wildman–Crippen MR) is 195 cm³/mol. The van der Waals surface area contributed by atoms with E-state index in [2.05, 4.69) is 20.4 Å². The number of hydrogen-bond acceptors (Lipinski definition) is 9. The molecule has 2 aromatic rings. The first-order valence-electron chi connectivity index (χ1n) is 16.0. The van der Waals surface area contributed by atoms with Gasteiger partial charge in [-0.3, -0.25) is 4.79 Å². The fraction of sp³-hybridized carbons (Fsp3) is 0.469. The smallest absolute Gasteiger partial charge is 0.320 e. The minimum Gasteiger partial charge on any atom is -0.409 e. The molecule has 3 amide bonds. The minimum absolute atomic E-state index is 0.00530. The molecule has 50 heavy (non-hydrogen) atoms. The number of likely N-dealkylation sites (tertiary alicyclic amines) is 1. The molecule has 0 bridgehead atoms. The van der Waals surface area contributed by atoms with Gasteiger partial charge in [-0.2, -0.15) is 0 Å². The van der Waals surface area contributed by atoms with Crippen LogP contribution in [0.4, 0.5) is 4.79 Å². The van der Waals surface area contributed by atoms with Gasteiger partial charge in [0.25, 0.3) is 5.91 Å². The molecule has 0 radical (unpaired) electrons. The lowest BCUT2D eigenvalue weighted by Crippen LogP contribution is -2.57. The monoisotopic (exact) mass is 771 g/mol. The first kappa shape index (κ1) is 39.1. The Hall–Kier alpha value is -3.69. The number of nitrogens with zero attached hydrogens (tertiary/aromatic N) is 7. The molecule has 0 spiro atoms. The molecule has 2 aliphatic heterocycles. The molecule has 0 aliphatic carbocycles. The maximum absolute atomic E-state index is 13.5. The van der Waals surface area contributed by atoms with Crippen molar-refractivity contribution in [3.8, 4) is 0 Å². The minimum atomic E-state index is -0.385. The van der Waals surface area contributed by atoms with Crippen molar-refractivity contribution >= 4 is 75.7 Å². The average Bonchev–Trinajstić information content (AvgIpc) is 3.09. The average molecular weight is 774 g/mol. The number of amides is 3. The van der Waals surface area contributed by atoms with E-state index >= 15 is 0 Å². The zero-order valence-electron chi connectivity index (χ0n) is 27.5. The number of carbonyl (C=O) groups is 2. The van der Waals surface area contributed by atoms with Crippen LogP contribution in [0.3, 0.4) is 0 Å². The molecule has 2 fully saturated rings. The summed E-state index contributed by atoms with van der Waals surface area (Å²) < 4.78 is 0. The van der Waals surface area contributed by atoms with Crippen molar-refractivity contribution in [1.29, 1.82) is 0 Å². The molecule has 4 rings (SSSR count). The quantitative estimate of drug-likeness (QED) is 0.0894. The number of rotatable bonds is 14. The van der Waals surface area contributed by atoms with E-state index in [0.717, 1.165) is 37.9 Å². The zero-order valence-corrected chi connectivity index (χ0v) is 30.5. The molecule has 0 saturated carbocycles. The third-order valence-electron chi connectivity index (χ3n) is 8.68. The molecule has 18 heteroatoms. The highest BCUT2D eigenvalue weighted by molar-refractivity contribution is 6.42. The van der Waals surface area contributed by atoms with E-state index in [1.807, 2.05) is 11.0 Å². The van der Waals surface area contributed by atoms with Crippen LogP contribution >= 0.6 is 46.4 Å². The number of nitrogens with two attached hydrogens (primary N) is 2. The molecule has 272 valence electrons. The first-order chi connectivity index (χ1) is 23.9. The summed E-state index contributed by atoms with van der Waals surface area (Å²) in [5.74, 6) is -0.913. The van der Waals surface area contributed by atoms with Crippen LogP contribution in [0.5, 0.6) is 0 Å². The van der Waals surface area contributed by atoms with E-state index in [4.69, 9.17) is 73.1 Å². The van der Waals surface area contributed by atoms with E-state index in [-0.39, 0.29) is 55.3 Å². The molecule has 2 heterocycles. The van der Waals surface area contributed by atoms with Crippen molar-refractivity contribution in [2.24, 2.45) is 26.9 Å². The lowest BCUT2D eigenvalue weighted by atomic mass is 9.89. The van der Waals surface area contributed by atoms with Gasteiger partial charge in [0.2, 0.25) is 0 Å². The Balaban J connectivity index is 1.52. The van der Waals surface area contributed by atoms with Gasteiger partial charge in [-0.15, -0.1) is 0 Å². The molecule has 2 saturated heterocycles. The Morgan fingerprint density at radius 3 is 2.30 bits per heavy atom. The second-order valence-corrected chi connectivity index (χ2v) is 13.9.